The Morgan fingerprint density at radius 3 is 2.35 bits per heavy atom. The van der Waals surface area contributed by atoms with Crippen LogP contribution in [0.5, 0.6) is 5.75 Å². The van der Waals surface area contributed by atoms with E-state index >= 15 is 4.39 Å². The van der Waals surface area contributed by atoms with Crippen LogP contribution in [0.4, 0.5) is 23.2 Å². The Bertz CT molecular complexity index is 1990. The van der Waals surface area contributed by atoms with Crippen LogP contribution in [0.15, 0.2) is 80.7 Å². The minimum absolute atomic E-state index is 0.154. The third-order valence-electron chi connectivity index (χ3n) is 6.85. The van der Waals surface area contributed by atoms with Gasteiger partial charge in [-0.2, -0.15) is 5.26 Å². The molecule has 0 unspecified atom stereocenters. The monoisotopic (exact) mass is 656 g/mol. The van der Waals surface area contributed by atoms with Gasteiger partial charge in [-0.3, -0.25) is 4.99 Å². The first-order valence-corrected chi connectivity index (χ1v) is 15.4. The number of allylic oxidation sites excluding steroid dienone is 2. The molecule has 3 N–H and O–H groups in total. The summed E-state index contributed by atoms with van der Waals surface area (Å²) in [6, 6.07) is 14.1. The van der Waals surface area contributed by atoms with Gasteiger partial charge in [0.2, 0.25) is 0 Å². The second-order valence-corrected chi connectivity index (χ2v) is 12.7. The number of halogens is 4. The first kappa shape index (κ1) is 33.9. The molecule has 46 heavy (non-hydrogen) atoms. The second kappa shape index (κ2) is 12.8. The highest BCUT2D eigenvalue weighted by Crippen LogP contribution is 2.41. The molecule has 14 heteroatoms. The number of hydrogen-bond acceptors (Lipinski definition) is 9. The molecule has 240 valence electrons. The molecule has 0 aliphatic heterocycles. The summed E-state index contributed by atoms with van der Waals surface area (Å²) in [4.78, 5) is 8.52. The predicted octanol–water partition coefficient (Wildman–Crippen LogP) is 7.01. The summed E-state index contributed by atoms with van der Waals surface area (Å²) in [6.07, 6.45) is -1.16. The number of oxazole rings is 1. The van der Waals surface area contributed by atoms with Crippen molar-refractivity contribution in [2.24, 2.45) is 16.1 Å². The van der Waals surface area contributed by atoms with Gasteiger partial charge in [0.1, 0.15) is 17.3 Å². The van der Waals surface area contributed by atoms with Gasteiger partial charge in [-0.15, -0.1) is 13.2 Å². The average Bonchev–Trinajstić information content (AvgIpc) is 3.37. The number of aliphatic imine (C=N–C) groups is 1. The molecule has 1 aromatic heterocycles. The van der Waals surface area contributed by atoms with Crippen molar-refractivity contribution in [2.75, 3.05) is 6.26 Å². The molecule has 3 aromatic carbocycles. The number of aromatic nitrogens is 1. The smallest absolute Gasteiger partial charge is 0.440 e. The topological polar surface area (TPSA) is 152 Å². The lowest BCUT2D eigenvalue weighted by atomic mass is 9.91. The van der Waals surface area contributed by atoms with E-state index in [1.807, 2.05) is 0 Å². The van der Waals surface area contributed by atoms with Gasteiger partial charge in [0.15, 0.2) is 21.5 Å². The number of aryl methyl sites for hydroxylation is 1. The van der Waals surface area contributed by atoms with Crippen LogP contribution in [0.3, 0.4) is 0 Å². The van der Waals surface area contributed by atoms with Crippen LogP contribution >= 0.6 is 0 Å². The molecule has 0 aliphatic rings. The molecule has 0 spiro atoms. The molecule has 0 aliphatic carbocycles. The van der Waals surface area contributed by atoms with E-state index in [1.54, 1.807) is 39.0 Å². The zero-order chi connectivity index (χ0) is 34.0. The Balaban J connectivity index is 1.93. The van der Waals surface area contributed by atoms with E-state index < -0.39 is 39.8 Å². The summed E-state index contributed by atoms with van der Waals surface area (Å²) in [5.41, 5.74) is 6.67. The van der Waals surface area contributed by atoms with Crippen LogP contribution in [0.1, 0.15) is 25.3 Å². The lowest BCUT2D eigenvalue weighted by Crippen LogP contribution is -2.18. The standard InChI is InChI=1S/C32H28F4N4O5S/c1-18-40-29(19-5-8-22(9-6-19)45-32(34,35)36)30(44-18)23-13-20(7-10-26(23)39-12-11-28(38)31(2,3)17-37)21-14-25(33)24(16-41)27(15-21)46(4,42)43/h5-15,41H,16,38H2,1-4H3. The van der Waals surface area contributed by atoms with Gasteiger partial charge in [0.25, 0.3) is 0 Å². The SMILES string of the molecule is Cc1nc(-c2ccc(OC(F)(F)F)cc2)c(-c2cc(-c3cc(F)c(CO)c(S(C)(=O)=O)c3)ccc2N=CC=C(N)C(C)(C)C#N)o1. The van der Waals surface area contributed by atoms with Gasteiger partial charge in [0.05, 0.1) is 28.7 Å². The Morgan fingerprint density at radius 1 is 1.11 bits per heavy atom. The fourth-order valence-corrected chi connectivity index (χ4v) is 5.31. The van der Waals surface area contributed by atoms with Crippen molar-refractivity contribution in [1.82, 2.24) is 4.98 Å². The van der Waals surface area contributed by atoms with Crippen molar-refractivity contribution < 1.29 is 40.2 Å². The maximum Gasteiger partial charge on any atom is 0.573 e. The number of alkyl halides is 3. The molecule has 0 atom stereocenters. The van der Waals surface area contributed by atoms with E-state index in [1.165, 1.54) is 30.5 Å². The third kappa shape index (κ3) is 7.61. The maximum atomic E-state index is 15.0. The third-order valence-corrected chi connectivity index (χ3v) is 8.01. The van der Waals surface area contributed by atoms with E-state index in [-0.39, 0.29) is 39.1 Å². The largest absolute Gasteiger partial charge is 0.573 e. The summed E-state index contributed by atoms with van der Waals surface area (Å²) in [7, 11) is -3.93. The Morgan fingerprint density at radius 2 is 1.76 bits per heavy atom. The van der Waals surface area contributed by atoms with Crippen molar-refractivity contribution in [3.05, 3.63) is 83.6 Å². The van der Waals surface area contributed by atoms with Gasteiger partial charge in [-0.1, -0.05) is 6.07 Å². The summed E-state index contributed by atoms with van der Waals surface area (Å²) in [5, 5.41) is 19.0. The van der Waals surface area contributed by atoms with Crippen LogP contribution < -0.4 is 10.5 Å². The Labute approximate surface area is 262 Å². The van der Waals surface area contributed by atoms with E-state index in [4.69, 9.17) is 10.2 Å². The molecule has 4 rings (SSSR count). The number of aliphatic hydroxyl groups excluding tert-OH is 1. The van der Waals surface area contributed by atoms with Crippen molar-refractivity contribution in [1.29, 1.82) is 5.26 Å². The maximum absolute atomic E-state index is 15.0. The average molecular weight is 657 g/mol. The van der Waals surface area contributed by atoms with Crippen molar-refractivity contribution in [2.45, 2.75) is 38.6 Å². The van der Waals surface area contributed by atoms with E-state index in [2.05, 4.69) is 20.8 Å². The highest BCUT2D eigenvalue weighted by molar-refractivity contribution is 7.90. The number of hydrogen-bond donors (Lipinski definition) is 2. The fourth-order valence-electron chi connectivity index (χ4n) is 4.36. The van der Waals surface area contributed by atoms with Crippen LogP contribution in [0.25, 0.3) is 33.7 Å². The van der Waals surface area contributed by atoms with Crippen molar-refractivity contribution >= 4 is 21.7 Å². The number of rotatable bonds is 9. The zero-order valence-electron chi connectivity index (χ0n) is 25.0. The molecular formula is C32H28F4N4O5S. The number of nitrogens with zero attached hydrogens (tertiary/aromatic N) is 3. The van der Waals surface area contributed by atoms with Gasteiger partial charge >= 0.3 is 6.36 Å². The zero-order valence-corrected chi connectivity index (χ0v) is 25.8. The molecule has 0 saturated heterocycles. The number of sulfone groups is 1. The highest BCUT2D eigenvalue weighted by atomic mass is 32.2. The van der Waals surface area contributed by atoms with Crippen LogP contribution in [-0.2, 0) is 16.4 Å². The van der Waals surface area contributed by atoms with Crippen LogP contribution in [0.2, 0.25) is 0 Å². The molecule has 0 fully saturated rings. The minimum atomic E-state index is -4.88. The first-order chi connectivity index (χ1) is 21.4. The number of nitrogens with two attached hydrogens (primary N) is 1. The highest BCUT2D eigenvalue weighted by Gasteiger charge is 2.31. The molecular weight excluding hydrogens is 628 g/mol. The van der Waals surface area contributed by atoms with Gasteiger partial charge in [-0.25, -0.2) is 17.8 Å². The van der Waals surface area contributed by atoms with E-state index in [0.29, 0.717) is 22.4 Å². The number of ether oxygens (including phenoxy) is 1. The lowest BCUT2D eigenvalue weighted by molar-refractivity contribution is -0.274. The number of benzene rings is 3. The molecule has 1 heterocycles. The number of nitriles is 1. The van der Waals surface area contributed by atoms with Gasteiger partial charge in [0, 0.05) is 41.8 Å². The summed E-state index contributed by atoms with van der Waals surface area (Å²) in [5.74, 6) is -1.01. The Kier molecular flexibility index (Phi) is 9.41. The molecule has 9 nitrogen and oxygen atoms in total. The molecule has 4 aromatic rings. The van der Waals surface area contributed by atoms with Gasteiger partial charge in [-0.05, 0) is 79.6 Å². The first-order valence-electron chi connectivity index (χ1n) is 13.5. The summed E-state index contributed by atoms with van der Waals surface area (Å²) in [6.45, 7) is 4.00. The molecule has 0 amide bonds. The van der Waals surface area contributed by atoms with Crippen molar-refractivity contribution in [3.8, 4) is 45.5 Å². The minimum Gasteiger partial charge on any atom is -0.440 e. The normalized spacial score (nSPS) is 12.8. The summed E-state index contributed by atoms with van der Waals surface area (Å²) < 4.78 is 87.9. The van der Waals surface area contributed by atoms with E-state index in [9.17, 15) is 32.0 Å². The molecule has 0 radical (unpaired) electrons. The fraction of sp³-hybridized carbons (Fsp3) is 0.219. The lowest BCUT2D eigenvalue weighted by Gasteiger charge is -2.14. The molecule has 0 bridgehead atoms. The predicted molar refractivity (Wildman–Crippen MR) is 163 cm³/mol. The number of aliphatic hydroxyl groups is 1. The quantitative estimate of drug-likeness (QED) is 0.144. The van der Waals surface area contributed by atoms with Crippen molar-refractivity contribution in [3.63, 3.8) is 0 Å². The molecule has 0 saturated carbocycles. The Hall–Kier alpha value is -5.00. The van der Waals surface area contributed by atoms with Crippen LogP contribution in [0, 0.1) is 29.5 Å². The summed E-state index contributed by atoms with van der Waals surface area (Å²) >= 11 is 0. The van der Waals surface area contributed by atoms with Gasteiger partial charge < -0.3 is 20.0 Å². The van der Waals surface area contributed by atoms with Crippen LogP contribution in [-0.4, -0.2) is 37.3 Å². The second-order valence-electron chi connectivity index (χ2n) is 10.7. The van der Waals surface area contributed by atoms with E-state index in [0.717, 1.165) is 24.5 Å².